The number of fused-ring (bicyclic) bond motifs is 5. The molecule has 144 valence electrons. The highest BCUT2D eigenvalue weighted by Gasteiger charge is 2.51. The van der Waals surface area contributed by atoms with E-state index in [2.05, 4.69) is 39.8 Å². The Morgan fingerprint density at radius 3 is 2.68 bits per heavy atom. The average Bonchev–Trinajstić information content (AvgIpc) is 3.33. The van der Waals surface area contributed by atoms with Gasteiger partial charge in [0, 0.05) is 29.9 Å². The lowest BCUT2D eigenvalue weighted by Gasteiger charge is -2.28. The van der Waals surface area contributed by atoms with E-state index in [0.717, 1.165) is 29.1 Å². The van der Waals surface area contributed by atoms with Gasteiger partial charge in [0.1, 0.15) is 6.04 Å². The van der Waals surface area contributed by atoms with Gasteiger partial charge in [0.25, 0.3) is 0 Å². The number of nitrogens with zero attached hydrogens (tertiary/aromatic N) is 2. The molecule has 3 heterocycles. The van der Waals surface area contributed by atoms with Crippen molar-refractivity contribution in [2.75, 3.05) is 6.61 Å². The van der Waals surface area contributed by atoms with Crippen LogP contribution in [0, 0.1) is 5.92 Å². The summed E-state index contributed by atoms with van der Waals surface area (Å²) in [6.45, 7) is 3.88. The maximum absolute atomic E-state index is 12.7. The lowest BCUT2D eigenvalue weighted by molar-refractivity contribution is -0.149. The van der Waals surface area contributed by atoms with E-state index < -0.39 is 0 Å². The Kier molecular flexibility index (Phi) is 4.41. The third-order valence-corrected chi connectivity index (χ3v) is 6.54. The zero-order valence-corrected chi connectivity index (χ0v) is 16.6. The molecular weight excluding hydrogens is 372 g/mol. The molecule has 0 radical (unpaired) electrons. The van der Waals surface area contributed by atoms with Gasteiger partial charge in [-0.05, 0) is 25.0 Å². The molecule has 3 aromatic rings. The van der Waals surface area contributed by atoms with Gasteiger partial charge in [0.05, 0.1) is 23.4 Å². The van der Waals surface area contributed by atoms with Crippen molar-refractivity contribution in [2.24, 2.45) is 5.92 Å². The quantitative estimate of drug-likeness (QED) is 0.596. The summed E-state index contributed by atoms with van der Waals surface area (Å²) >= 11 is 6.86. The summed E-state index contributed by atoms with van der Waals surface area (Å²) in [6.07, 6.45) is 0.808. The van der Waals surface area contributed by atoms with Crippen molar-refractivity contribution >= 4 is 28.5 Å². The van der Waals surface area contributed by atoms with Gasteiger partial charge in [0.15, 0.2) is 0 Å². The number of para-hydroxylation sites is 1. The molecule has 5 heteroatoms. The van der Waals surface area contributed by atoms with E-state index in [9.17, 15) is 4.79 Å². The van der Waals surface area contributed by atoms with Gasteiger partial charge in [-0.1, -0.05) is 60.1 Å². The monoisotopic (exact) mass is 394 g/mol. The van der Waals surface area contributed by atoms with Crippen LogP contribution in [0.2, 0.25) is 5.02 Å². The number of halogens is 1. The highest BCUT2D eigenvalue weighted by Crippen LogP contribution is 2.52. The molecule has 0 aliphatic carbocycles. The minimum atomic E-state index is -0.224. The number of rotatable bonds is 4. The van der Waals surface area contributed by atoms with Gasteiger partial charge in [-0.2, -0.15) is 0 Å². The molecule has 0 spiro atoms. The van der Waals surface area contributed by atoms with E-state index in [0.29, 0.717) is 19.1 Å². The van der Waals surface area contributed by atoms with Gasteiger partial charge in [-0.25, -0.2) is 0 Å². The number of esters is 1. The summed E-state index contributed by atoms with van der Waals surface area (Å²) in [5.74, 6) is 0.252. The van der Waals surface area contributed by atoms with E-state index in [1.165, 1.54) is 11.1 Å². The van der Waals surface area contributed by atoms with E-state index in [1.54, 1.807) is 0 Å². The fraction of sp³-hybridized carbons (Fsp3) is 0.348. The summed E-state index contributed by atoms with van der Waals surface area (Å²) in [5, 5.41) is 1.92. The third kappa shape index (κ3) is 2.66. The molecule has 3 atom stereocenters. The van der Waals surface area contributed by atoms with E-state index in [-0.39, 0.29) is 18.1 Å². The number of carbonyl (C=O) groups excluding carboxylic acids is 1. The van der Waals surface area contributed by atoms with Crippen molar-refractivity contribution in [1.82, 2.24) is 9.47 Å². The zero-order valence-electron chi connectivity index (χ0n) is 15.8. The largest absolute Gasteiger partial charge is 0.465 e. The molecule has 5 rings (SSSR count). The van der Waals surface area contributed by atoms with Crippen LogP contribution in [0.1, 0.15) is 30.6 Å². The van der Waals surface area contributed by atoms with E-state index in [4.69, 9.17) is 16.3 Å². The molecular formula is C23H23ClN2O2. The minimum Gasteiger partial charge on any atom is -0.465 e. The molecule has 2 aliphatic heterocycles. The van der Waals surface area contributed by atoms with Gasteiger partial charge in [0.2, 0.25) is 0 Å². The van der Waals surface area contributed by atoms with Crippen molar-refractivity contribution in [2.45, 2.75) is 38.5 Å². The Morgan fingerprint density at radius 2 is 1.89 bits per heavy atom. The lowest BCUT2D eigenvalue weighted by atomic mass is 9.99. The molecule has 1 saturated heterocycles. The number of hydrogen-bond acceptors (Lipinski definition) is 3. The Morgan fingerprint density at radius 1 is 1.14 bits per heavy atom. The fourth-order valence-electron chi connectivity index (χ4n) is 5.04. The molecule has 0 bridgehead atoms. The van der Waals surface area contributed by atoms with Crippen molar-refractivity contribution in [3.05, 3.63) is 70.9 Å². The van der Waals surface area contributed by atoms with Crippen LogP contribution in [0.25, 0.3) is 10.9 Å². The van der Waals surface area contributed by atoms with Gasteiger partial charge in [-0.15, -0.1) is 0 Å². The molecule has 0 N–H and O–H groups in total. The summed E-state index contributed by atoms with van der Waals surface area (Å²) in [7, 11) is 0. The number of likely N-dealkylation sites (tertiary alicyclic amines) is 1. The molecule has 2 aliphatic rings. The molecule has 28 heavy (non-hydrogen) atoms. The second-order valence-electron chi connectivity index (χ2n) is 7.69. The standard InChI is InChI=1S/C23H23ClN2O2/c1-2-28-23(27)19-12-16-14-26-18-11-7-6-10-17(18)20(24)22(26)21(16)25(19)13-15-8-4-3-5-9-15/h3-11,16,19,21H,2,12-14H2,1H3/t16-,19-,21-/m0/s1. The molecule has 1 aromatic heterocycles. The summed E-state index contributed by atoms with van der Waals surface area (Å²) < 4.78 is 7.77. The maximum Gasteiger partial charge on any atom is 0.323 e. The first-order chi connectivity index (χ1) is 13.7. The van der Waals surface area contributed by atoms with E-state index >= 15 is 0 Å². The SMILES string of the molecule is CCOC(=O)[C@@H]1C[C@H]2Cn3c(c(Cl)c4ccccc43)[C@H]2N1Cc1ccccc1. The molecule has 1 fully saturated rings. The molecule has 0 amide bonds. The van der Waals surface area contributed by atoms with Crippen LogP contribution in [-0.2, 0) is 22.6 Å². The molecule has 0 saturated carbocycles. The number of hydrogen-bond donors (Lipinski definition) is 0. The second-order valence-corrected chi connectivity index (χ2v) is 8.07. The normalized spacial score (nSPS) is 23.7. The maximum atomic E-state index is 12.7. The number of ether oxygens (including phenoxy) is 1. The molecule has 4 nitrogen and oxygen atoms in total. The van der Waals surface area contributed by atoms with Crippen molar-refractivity contribution in [3.63, 3.8) is 0 Å². The van der Waals surface area contributed by atoms with Crippen LogP contribution in [0.3, 0.4) is 0 Å². The van der Waals surface area contributed by atoms with Gasteiger partial charge in [-0.3, -0.25) is 9.69 Å². The Bertz CT molecular complexity index is 1030. The topological polar surface area (TPSA) is 34.5 Å². The Hall–Kier alpha value is -2.30. The van der Waals surface area contributed by atoms with Crippen LogP contribution in [0.4, 0.5) is 0 Å². The summed E-state index contributed by atoms with van der Waals surface area (Å²) in [4.78, 5) is 15.0. The predicted molar refractivity (Wildman–Crippen MR) is 110 cm³/mol. The van der Waals surface area contributed by atoms with Crippen molar-refractivity contribution in [3.8, 4) is 0 Å². The predicted octanol–water partition coefficient (Wildman–Crippen LogP) is 4.80. The highest BCUT2D eigenvalue weighted by atomic mass is 35.5. The van der Waals surface area contributed by atoms with Gasteiger partial charge >= 0.3 is 5.97 Å². The highest BCUT2D eigenvalue weighted by molar-refractivity contribution is 6.36. The summed E-state index contributed by atoms with van der Waals surface area (Å²) in [6, 6.07) is 18.5. The van der Waals surface area contributed by atoms with Crippen LogP contribution in [0.15, 0.2) is 54.6 Å². The van der Waals surface area contributed by atoms with Gasteiger partial charge < -0.3 is 9.30 Å². The Labute approximate surface area is 169 Å². The van der Waals surface area contributed by atoms with Crippen LogP contribution < -0.4 is 0 Å². The first kappa shape index (κ1) is 17.8. The fourth-order valence-corrected chi connectivity index (χ4v) is 5.42. The van der Waals surface area contributed by atoms with Crippen molar-refractivity contribution < 1.29 is 9.53 Å². The molecule has 2 aromatic carbocycles. The Balaban J connectivity index is 1.59. The number of carbonyl (C=O) groups is 1. The smallest absolute Gasteiger partial charge is 0.323 e. The first-order valence-electron chi connectivity index (χ1n) is 9.92. The van der Waals surface area contributed by atoms with Crippen LogP contribution in [-0.4, -0.2) is 28.1 Å². The van der Waals surface area contributed by atoms with E-state index in [1.807, 2.05) is 31.2 Å². The first-order valence-corrected chi connectivity index (χ1v) is 10.3. The summed E-state index contributed by atoms with van der Waals surface area (Å²) in [5.41, 5.74) is 3.53. The second kappa shape index (κ2) is 6.94. The third-order valence-electron chi connectivity index (χ3n) is 6.14. The molecule has 0 unspecified atom stereocenters. The number of benzene rings is 2. The zero-order chi connectivity index (χ0) is 19.3. The minimum absolute atomic E-state index is 0.119. The van der Waals surface area contributed by atoms with Crippen LogP contribution >= 0.6 is 11.6 Å². The average molecular weight is 395 g/mol. The number of aromatic nitrogens is 1. The van der Waals surface area contributed by atoms with Crippen molar-refractivity contribution in [1.29, 1.82) is 0 Å². The van der Waals surface area contributed by atoms with Crippen LogP contribution in [0.5, 0.6) is 0 Å². The lowest BCUT2D eigenvalue weighted by Crippen LogP contribution is -2.38.